The SMILES string of the molecule is CCCCNC(=NCC(O)c1cccc(OC(C)C)c1)NCC. The smallest absolute Gasteiger partial charge is 0.191 e. The largest absolute Gasteiger partial charge is 0.491 e. The number of aliphatic hydroxyl groups is 1. The van der Waals surface area contributed by atoms with Crippen LogP contribution in [0.25, 0.3) is 0 Å². The summed E-state index contributed by atoms with van der Waals surface area (Å²) in [6, 6.07) is 7.56. The fourth-order valence-corrected chi connectivity index (χ4v) is 2.08. The van der Waals surface area contributed by atoms with E-state index in [1.165, 1.54) is 0 Å². The normalized spacial score (nSPS) is 13.0. The second-order valence-electron chi connectivity index (χ2n) is 5.75. The Bertz CT molecular complexity index is 475. The number of hydrogen-bond acceptors (Lipinski definition) is 3. The minimum atomic E-state index is -0.646. The zero-order chi connectivity index (χ0) is 17.1. The minimum absolute atomic E-state index is 0.114. The van der Waals surface area contributed by atoms with Crippen molar-refractivity contribution in [2.24, 2.45) is 4.99 Å². The molecular formula is C18H31N3O2. The van der Waals surface area contributed by atoms with Gasteiger partial charge in [0.15, 0.2) is 5.96 Å². The Balaban J connectivity index is 2.64. The van der Waals surface area contributed by atoms with Crippen molar-refractivity contribution in [3.8, 4) is 5.75 Å². The van der Waals surface area contributed by atoms with Crippen LogP contribution >= 0.6 is 0 Å². The molecule has 0 spiro atoms. The van der Waals surface area contributed by atoms with Gasteiger partial charge in [0.25, 0.3) is 0 Å². The van der Waals surface area contributed by atoms with Crippen molar-refractivity contribution in [3.05, 3.63) is 29.8 Å². The van der Waals surface area contributed by atoms with Crippen LogP contribution in [0, 0.1) is 0 Å². The predicted molar refractivity (Wildman–Crippen MR) is 96.1 cm³/mol. The zero-order valence-electron chi connectivity index (χ0n) is 14.8. The van der Waals surface area contributed by atoms with E-state index >= 15 is 0 Å². The molecule has 0 aliphatic carbocycles. The van der Waals surface area contributed by atoms with Gasteiger partial charge in [-0.3, -0.25) is 4.99 Å². The van der Waals surface area contributed by atoms with Gasteiger partial charge in [0.05, 0.1) is 18.8 Å². The van der Waals surface area contributed by atoms with Gasteiger partial charge in [-0.05, 0) is 44.9 Å². The van der Waals surface area contributed by atoms with Crippen LogP contribution in [0.2, 0.25) is 0 Å². The Morgan fingerprint density at radius 3 is 2.70 bits per heavy atom. The van der Waals surface area contributed by atoms with E-state index in [9.17, 15) is 5.11 Å². The molecule has 0 heterocycles. The number of ether oxygens (including phenoxy) is 1. The summed E-state index contributed by atoms with van der Waals surface area (Å²) < 4.78 is 5.66. The molecule has 1 unspecified atom stereocenters. The first kappa shape index (κ1) is 19.3. The molecule has 0 aromatic heterocycles. The number of rotatable bonds is 9. The van der Waals surface area contributed by atoms with Crippen LogP contribution in [0.4, 0.5) is 0 Å². The van der Waals surface area contributed by atoms with Crippen molar-refractivity contribution in [2.45, 2.75) is 52.7 Å². The zero-order valence-corrected chi connectivity index (χ0v) is 14.8. The summed E-state index contributed by atoms with van der Waals surface area (Å²) in [4.78, 5) is 4.46. The van der Waals surface area contributed by atoms with Gasteiger partial charge in [-0.1, -0.05) is 25.5 Å². The molecule has 0 saturated heterocycles. The molecule has 130 valence electrons. The van der Waals surface area contributed by atoms with Gasteiger partial charge >= 0.3 is 0 Å². The molecule has 1 aromatic carbocycles. The first-order valence-electron chi connectivity index (χ1n) is 8.53. The highest BCUT2D eigenvalue weighted by atomic mass is 16.5. The number of benzene rings is 1. The highest BCUT2D eigenvalue weighted by Gasteiger charge is 2.09. The van der Waals surface area contributed by atoms with E-state index < -0.39 is 6.10 Å². The van der Waals surface area contributed by atoms with Crippen molar-refractivity contribution < 1.29 is 9.84 Å². The van der Waals surface area contributed by atoms with Crippen LogP contribution in [-0.2, 0) is 0 Å². The number of unbranched alkanes of at least 4 members (excludes halogenated alkanes) is 1. The van der Waals surface area contributed by atoms with Crippen LogP contribution in [0.1, 0.15) is 52.2 Å². The van der Waals surface area contributed by atoms with Crippen LogP contribution in [0.5, 0.6) is 5.75 Å². The molecule has 0 radical (unpaired) electrons. The molecular weight excluding hydrogens is 290 g/mol. The maximum Gasteiger partial charge on any atom is 0.191 e. The van der Waals surface area contributed by atoms with Gasteiger partial charge in [-0.25, -0.2) is 0 Å². The van der Waals surface area contributed by atoms with Crippen LogP contribution in [-0.4, -0.2) is 36.8 Å². The fourth-order valence-electron chi connectivity index (χ4n) is 2.08. The molecule has 0 amide bonds. The van der Waals surface area contributed by atoms with Crippen molar-refractivity contribution in [1.82, 2.24) is 10.6 Å². The third-order valence-corrected chi connectivity index (χ3v) is 3.20. The molecule has 5 heteroatoms. The Hall–Kier alpha value is -1.75. The molecule has 0 fully saturated rings. The maximum atomic E-state index is 10.3. The second-order valence-corrected chi connectivity index (χ2v) is 5.75. The summed E-state index contributed by atoms with van der Waals surface area (Å²) in [5.74, 6) is 1.52. The summed E-state index contributed by atoms with van der Waals surface area (Å²) in [5.41, 5.74) is 0.816. The Morgan fingerprint density at radius 1 is 1.26 bits per heavy atom. The van der Waals surface area contributed by atoms with E-state index in [0.717, 1.165) is 43.2 Å². The molecule has 0 saturated carbocycles. The lowest BCUT2D eigenvalue weighted by Crippen LogP contribution is -2.38. The molecule has 0 aliphatic rings. The summed E-state index contributed by atoms with van der Waals surface area (Å²) >= 11 is 0. The monoisotopic (exact) mass is 321 g/mol. The van der Waals surface area contributed by atoms with Crippen LogP contribution in [0.15, 0.2) is 29.3 Å². The number of hydrogen-bond donors (Lipinski definition) is 3. The lowest BCUT2D eigenvalue weighted by molar-refractivity contribution is 0.185. The fraction of sp³-hybridized carbons (Fsp3) is 0.611. The van der Waals surface area contributed by atoms with E-state index in [-0.39, 0.29) is 6.10 Å². The highest BCUT2D eigenvalue weighted by molar-refractivity contribution is 5.79. The van der Waals surface area contributed by atoms with Gasteiger partial charge in [0.2, 0.25) is 0 Å². The Labute approximate surface area is 140 Å². The molecule has 1 atom stereocenters. The van der Waals surface area contributed by atoms with Crippen molar-refractivity contribution in [1.29, 1.82) is 0 Å². The number of nitrogens with zero attached hydrogens (tertiary/aromatic N) is 1. The van der Waals surface area contributed by atoms with Gasteiger partial charge in [0, 0.05) is 13.1 Å². The molecule has 5 nitrogen and oxygen atoms in total. The quantitative estimate of drug-likeness (QED) is 0.372. The summed E-state index contributed by atoms with van der Waals surface area (Å²) in [7, 11) is 0. The van der Waals surface area contributed by atoms with Crippen LogP contribution in [0.3, 0.4) is 0 Å². The highest BCUT2D eigenvalue weighted by Crippen LogP contribution is 2.20. The topological polar surface area (TPSA) is 65.9 Å². The average molecular weight is 321 g/mol. The molecule has 1 rings (SSSR count). The standard InChI is InChI=1S/C18H31N3O2/c1-5-7-11-20-18(19-6-2)21-13-17(22)15-9-8-10-16(12-15)23-14(3)4/h8-10,12,14,17,22H,5-7,11,13H2,1-4H3,(H2,19,20,21). The first-order chi connectivity index (χ1) is 11.1. The minimum Gasteiger partial charge on any atom is -0.491 e. The Kier molecular flexibility index (Phi) is 9.14. The number of aliphatic hydroxyl groups excluding tert-OH is 1. The first-order valence-corrected chi connectivity index (χ1v) is 8.53. The molecule has 0 bridgehead atoms. The van der Waals surface area contributed by atoms with Crippen molar-refractivity contribution in [3.63, 3.8) is 0 Å². The van der Waals surface area contributed by atoms with E-state index in [2.05, 4.69) is 22.5 Å². The average Bonchev–Trinajstić information content (AvgIpc) is 2.52. The van der Waals surface area contributed by atoms with Gasteiger partial charge in [-0.2, -0.15) is 0 Å². The predicted octanol–water partition coefficient (Wildman–Crippen LogP) is 2.86. The number of nitrogens with one attached hydrogen (secondary N) is 2. The second kappa shape index (κ2) is 10.9. The van der Waals surface area contributed by atoms with Gasteiger partial charge in [0.1, 0.15) is 5.75 Å². The lowest BCUT2D eigenvalue weighted by Gasteiger charge is -2.15. The molecule has 1 aromatic rings. The van der Waals surface area contributed by atoms with Crippen molar-refractivity contribution in [2.75, 3.05) is 19.6 Å². The molecule has 3 N–H and O–H groups in total. The third kappa shape index (κ3) is 7.88. The summed E-state index contributed by atoms with van der Waals surface area (Å²) in [6.45, 7) is 10.1. The van der Waals surface area contributed by atoms with E-state index in [0.29, 0.717) is 6.54 Å². The molecule has 23 heavy (non-hydrogen) atoms. The summed E-state index contributed by atoms with van der Waals surface area (Å²) in [5, 5.41) is 16.8. The Morgan fingerprint density at radius 2 is 2.04 bits per heavy atom. The van der Waals surface area contributed by atoms with Crippen LogP contribution < -0.4 is 15.4 Å². The number of aliphatic imine (C=N–C) groups is 1. The van der Waals surface area contributed by atoms with E-state index in [1.807, 2.05) is 45.0 Å². The lowest BCUT2D eigenvalue weighted by atomic mass is 10.1. The number of guanidine groups is 1. The van der Waals surface area contributed by atoms with E-state index in [4.69, 9.17) is 4.74 Å². The van der Waals surface area contributed by atoms with Gasteiger partial charge < -0.3 is 20.5 Å². The van der Waals surface area contributed by atoms with Gasteiger partial charge in [-0.15, -0.1) is 0 Å². The molecule has 0 aliphatic heterocycles. The summed E-state index contributed by atoms with van der Waals surface area (Å²) in [6.07, 6.45) is 1.70. The maximum absolute atomic E-state index is 10.3. The third-order valence-electron chi connectivity index (χ3n) is 3.20. The van der Waals surface area contributed by atoms with Crippen molar-refractivity contribution >= 4 is 5.96 Å². The van der Waals surface area contributed by atoms with E-state index in [1.54, 1.807) is 0 Å².